The summed E-state index contributed by atoms with van der Waals surface area (Å²) in [6, 6.07) is 15.4. The van der Waals surface area contributed by atoms with Crippen molar-refractivity contribution in [3.8, 4) is 5.75 Å². The molecule has 2 rings (SSSR count). The van der Waals surface area contributed by atoms with Gasteiger partial charge in [0.05, 0.1) is 6.61 Å². The van der Waals surface area contributed by atoms with Crippen molar-refractivity contribution in [2.75, 3.05) is 18.1 Å². The molecule has 0 amide bonds. The zero-order valence-corrected chi connectivity index (χ0v) is 12.0. The van der Waals surface area contributed by atoms with Crippen LogP contribution in [0.25, 0.3) is 0 Å². The van der Waals surface area contributed by atoms with Crippen LogP contribution < -0.4 is 4.90 Å². The molecule has 0 heterocycles. The van der Waals surface area contributed by atoms with Crippen LogP contribution in [-0.4, -0.2) is 23.4 Å². The van der Waals surface area contributed by atoms with Crippen molar-refractivity contribution in [2.24, 2.45) is 0 Å². The van der Waals surface area contributed by atoms with Crippen molar-refractivity contribution in [2.45, 2.75) is 19.8 Å². The fraction of sp³-hybridized carbons (Fsp3) is 0.294. The van der Waals surface area contributed by atoms with Gasteiger partial charge in [-0.1, -0.05) is 32.0 Å². The molecule has 0 bridgehead atoms. The lowest BCUT2D eigenvalue weighted by atomic mass is 10.0. The van der Waals surface area contributed by atoms with Crippen molar-refractivity contribution in [1.82, 2.24) is 0 Å². The summed E-state index contributed by atoms with van der Waals surface area (Å²) in [4.78, 5) is 1.99. The minimum Gasteiger partial charge on any atom is -0.508 e. The molecule has 0 saturated carbocycles. The van der Waals surface area contributed by atoms with Gasteiger partial charge in [0, 0.05) is 24.0 Å². The van der Waals surface area contributed by atoms with Crippen LogP contribution in [-0.2, 0) is 0 Å². The van der Waals surface area contributed by atoms with E-state index in [2.05, 4.69) is 38.1 Å². The van der Waals surface area contributed by atoms with Gasteiger partial charge in [0.1, 0.15) is 5.75 Å². The van der Waals surface area contributed by atoms with Gasteiger partial charge in [-0.05, 0) is 35.7 Å². The van der Waals surface area contributed by atoms with E-state index in [0.717, 1.165) is 11.4 Å². The number of phenolic OH excluding ortho intramolecular Hbond substituents is 1. The number of phenols is 1. The highest BCUT2D eigenvalue weighted by Gasteiger charge is 2.10. The van der Waals surface area contributed by atoms with Crippen LogP contribution in [0.1, 0.15) is 25.3 Å². The number of rotatable bonds is 5. The Morgan fingerprint density at radius 3 is 2.25 bits per heavy atom. The standard InChI is InChI=1S/C17H21NO2/c1-13(2)14-6-8-15(9-7-14)18(10-11-19)16-4-3-5-17(20)12-16/h3-9,12-13,19-20H,10-11H2,1-2H3. The van der Waals surface area contributed by atoms with Gasteiger partial charge in [-0.3, -0.25) is 0 Å². The highest BCUT2D eigenvalue weighted by molar-refractivity contribution is 5.64. The van der Waals surface area contributed by atoms with Crippen LogP contribution in [0.3, 0.4) is 0 Å². The minimum atomic E-state index is 0.0571. The fourth-order valence-electron chi connectivity index (χ4n) is 2.21. The maximum Gasteiger partial charge on any atom is 0.117 e. The van der Waals surface area contributed by atoms with E-state index < -0.39 is 0 Å². The quantitative estimate of drug-likeness (QED) is 0.872. The number of anilines is 2. The highest BCUT2D eigenvalue weighted by atomic mass is 16.3. The monoisotopic (exact) mass is 271 g/mol. The van der Waals surface area contributed by atoms with E-state index in [1.54, 1.807) is 18.2 Å². The Kier molecular flexibility index (Phi) is 4.64. The van der Waals surface area contributed by atoms with Gasteiger partial charge in [-0.2, -0.15) is 0 Å². The van der Waals surface area contributed by atoms with E-state index >= 15 is 0 Å². The lowest BCUT2D eigenvalue weighted by Gasteiger charge is -2.24. The molecule has 0 fully saturated rings. The molecule has 106 valence electrons. The van der Waals surface area contributed by atoms with Crippen molar-refractivity contribution >= 4 is 11.4 Å². The third kappa shape index (κ3) is 3.31. The first kappa shape index (κ1) is 14.4. The molecule has 0 atom stereocenters. The van der Waals surface area contributed by atoms with Gasteiger partial charge in [-0.15, -0.1) is 0 Å². The van der Waals surface area contributed by atoms with Crippen LogP contribution >= 0.6 is 0 Å². The van der Waals surface area contributed by atoms with Crippen molar-refractivity contribution in [3.05, 3.63) is 54.1 Å². The Labute approximate surface area is 120 Å². The molecule has 0 spiro atoms. The third-order valence-corrected chi connectivity index (χ3v) is 3.34. The second kappa shape index (κ2) is 6.44. The molecule has 3 heteroatoms. The number of benzene rings is 2. The Balaban J connectivity index is 2.33. The molecular formula is C17H21NO2. The van der Waals surface area contributed by atoms with E-state index in [1.807, 2.05) is 11.0 Å². The number of aromatic hydroxyl groups is 1. The van der Waals surface area contributed by atoms with E-state index in [4.69, 9.17) is 0 Å². The minimum absolute atomic E-state index is 0.0571. The van der Waals surface area contributed by atoms with Crippen LogP contribution in [0.5, 0.6) is 5.75 Å². The summed E-state index contributed by atoms with van der Waals surface area (Å²) in [5.41, 5.74) is 3.17. The van der Waals surface area contributed by atoms with Gasteiger partial charge >= 0.3 is 0 Å². The van der Waals surface area contributed by atoms with E-state index in [1.165, 1.54) is 5.56 Å². The molecule has 2 aromatic carbocycles. The topological polar surface area (TPSA) is 43.7 Å². The molecule has 0 aromatic heterocycles. The summed E-state index contributed by atoms with van der Waals surface area (Å²) in [6.45, 7) is 4.87. The Bertz CT molecular complexity index is 549. The predicted octanol–water partition coefficient (Wildman–Crippen LogP) is 3.65. The molecule has 3 nitrogen and oxygen atoms in total. The first-order valence-electron chi connectivity index (χ1n) is 6.89. The summed E-state index contributed by atoms with van der Waals surface area (Å²) in [5, 5.41) is 18.9. The second-order valence-corrected chi connectivity index (χ2v) is 5.14. The van der Waals surface area contributed by atoms with E-state index in [-0.39, 0.29) is 12.4 Å². The lowest BCUT2D eigenvalue weighted by Crippen LogP contribution is -2.20. The van der Waals surface area contributed by atoms with Crippen LogP contribution in [0.4, 0.5) is 11.4 Å². The highest BCUT2D eigenvalue weighted by Crippen LogP contribution is 2.28. The molecule has 2 aromatic rings. The van der Waals surface area contributed by atoms with Crippen LogP contribution in [0.15, 0.2) is 48.5 Å². The molecule has 0 aliphatic rings. The molecule has 20 heavy (non-hydrogen) atoms. The maximum atomic E-state index is 9.60. The summed E-state index contributed by atoms with van der Waals surface area (Å²) in [6.07, 6.45) is 0. The number of hydrogen-bond donors (Lipinski definition) is 2. The van der Waals surface area contributed by atoms with Gasteiger partial charge < -0.3 is 15.1 Å². The third-order valence-electron chi connectivity index (χ3n) is 3.34. The lowest BCUT2D eigenvalue weighted by molar-refractivity contribution is 0.305. The number of aliphatic hydroxyl groups is 1. The zero-order valence-electron chi connectivity index (χ0n) is 12.0. The van der Waals surface area contributed by atoms with Crippen molar-refractivity contribution < 1.29 is 10.2 Å². The maximum absolute atomic E-state index is 9.60. The van der Waals surface area contributed by atoms with Crippen LogP contribution in [0.2, 0.25) is 0 Å². The number of aliphatic hydroxyl groups excluding tert-OH is 1. The molecule has 0 saturated heterocycles. The van der Waals surface area contributed by atoms with Gasteiger partial charge in [0.15, 0.2) is 0 Å². The number of nitrogens with zero attached hydrogens (tertiary/aromatic N) is 1. The first-order chi connectivity index (χ1) is 9.61. The SMILES string of the molecule is CC(C)c1ccc(N(CCO)c2cccc(O)c2)cc1. The molecule has 0 aliphatic carbocycles. The molecular weight excluding hydrogens is 250 g/mol. The Morgan fingerprint density at radius 1 is 1.00 bits per heavy atom. The molecule has 2 N–H and O–H groups in total. The van der Waals surface area contributed by atoms with Crippen molar-refractivity contribution in [1.29, 1.82) is 0 Å². The second-order valence-electron chi connectivity index (χ2n) is 5.14. The Hall–Kier alpha value is -2.00. The molecule has 0 unspecified atom stereocenters. The zero-order chi connectivity index (χ0) is 14.5. The normalized spacial score (nSPS) is 10.8. The first-order valence-corrected chi connectivity index (χ1v) is 6.89. The number of hydrogen-bond acceptors (Lipinski definition) is 3. The van der Waals surface area contributed by atoms with E-state index in [0.29, 0.717) is 12.5 Å². The van der Waals surface area contributed by atoms with Crippen molar-refractivity contribution in [3.63, 3.8) is 0 Å². The smallest absolute Gasteiger partial charge is 0.117 e. The summed E-state index contributed by atoms with van der Waals surface area (Å²) >= 11 is 0. The predicted molar refractivity (Wildman–Crippen MR) is 82.7 cm³/mol. The average molecular weight is 271 g/mol. The Morgan fingerprint density at radius 2 is 1.70 bits per heavy atom. The largest absolute Gasteiger partial charge is 0.508 e. The van der Waals surface area contributed by atoms with Gasteiger partial charge in [0.2, 0.25) is 0 Å². The summed E-state index contributed by atoms with van der Waals surface area (Å²) in [7, 11) is 0. The van der Waals surface area contributed by atoms with Gasteiger partial charge in [0.25, 0.3) is 0 Å². The van der Waals surface area contributed by atoms with Gasteiger partial charge in [-0.25, -0.2) is 0 Å². The fourth-order valence-corrected chi connectivity index (χ4v) is 2.21. The van der Waals surface area contributed by atoms with Crippen LogP contribution in [0, 0.1) is 0 Å². The molecule has 0 radical (unpaired) electrons. The summed E-state index contributed by atoms with van der Waals surface area (Å²) in [5.74, 6) is 0.723. The molecule has 0 aliphatic heterocycles. The van der Waals surface area contributed by atoms with E-state index in [9.17, 15) is 10.2 Å². The summed E-state index contributed by atoms with van der Waals surface area (Å²) < 4.78 is 0. The average Bonchev–Trinajstić information content (AvgIpc) is 2.45.